The van der Waals surface area contributed by atoms with Crippen LogP contribution in [0.25, 0.3) is 0 Å². The van der Waals surface area contributed by atoms with E-state index in [0.717, 1.165) is 11.1 Å². The summed E-state index contributed by atoms with van der Waals surface area (Å²) in [5, 5.41) is 11.8. The Morgan fingerprint density at radius 1 is 1.03 bits per heavy atom. The van der Waals surface area contributed by atoms with Gasteiger partial charge in [0.15, 0.2) is 5.96 Å². The SMILES string of the molecule is NC(N)=NCCCOc1ccc(C[C@H](NC(=O)OCc2ccccc2)C(=O)O)cc1. The number of aliphatic carboxylic acids is 1. The van der Waals surface area contributed by atoms with Crippen LogP contribution in [0.5, 0.6) is 5.75 Å². The van der Waals surface area contributed by atoms with E-state index < -0.39 is 18.1 Å². The Kier molecular flexibility index (Phi) is 8.98. The number of carboxylic acid groups (broad SMARTS) is 1. The van der Waals surface area contributed by atoms with Crippen LogP contribution in [0.3, 0.4) is 0 Å². The van der Waals surface area contributed by atoms with E-state index in [1.807, 2.05) is 30.3 Å². The second-order valence-corrected chi connectivity index (χ2v) is 6.45. The number of nitrogens with one attached hydrogen (secondary N) is 1. The molecule has 0 saturated carbocycles. The average Bonchev–Trinajstić information content (AvgIpc) is 2.73. The number of carbonyl (C=O) groups is 2. The zero-order valence-corrected chi connectivity index (χ0v) is 16.5. The molecule has 0 aliphatic rings. The van der Waals surface area contributed by atoms with Gasteiger partial charge in [-0.25, -0.2) is 9.59 Å². The minimum absolute atomic E-state index is 0.0462. The first-order valence-electron chi connectivity index (χ1n) is 9.41. The molecule has 6 N–H and O–H groups in total. The van der Waals surface area contributed by atoms with Gasteiger partial charge in [0.05, 0.1) is 6.61 Å². The summed E-state index contributed by atoms with van der Waals surface area (Å²) >= 11 is 0. The second-order valence-electron chi connectivity index (χ2n) is 6.45. The fourth-order valence-corrected chi connectivity index (χ4v) is 2.53. The smallest absolute Gasteiger partial charge is 0.408 e. The molecule has 0 aliphatic carbocycles. The molecule has 1 amide bonds. The molecule has 9 nitrogen and oxygen atoms in total. The van der Waals surface area contributed by atoms with E-state index in [1.165, 1.54) is 0 Å². The van der Waals surface area contributed by atoms with Gasteiger partial charge in [-0.2, -0.15) is 0 Å². The van der Waals surface area contributed by atoms with Crippen molar-refractivity contribution in [3.05, 3.63) is 65.7 Å². The number of guanidine groups is 1. The van der Waals surface area contributed by atoms with E-state index >= 15 is 0 Å². The molecule has 0 saturated heterocycles. The molecule has 0 fully saturated rings. The Balaban J connectivity index is 1.80. The summed E-state index contributed by atoms with van der Waals surface area (Å²) in [6.45, 7) is 0.990. The minimum Gasteiger partial charge on any atom is -0.494 e. The van der Waals surface area contributed by atoms with Crippen LogP contribution in [0.1, 0.15) is 17.5 Å². The van der Waals surface area contributed by atoms with E-state index in [2.05, 4.69) is 10.3 Å². The van der Waals surface area contributed by atoms with Crippen molar-refractivity contribution in [1.82, 2.24) is 5.32 Å². The number of rotatable bonds is 11. The van der Waals surface area contributed by atoms with E-state index in [-0.39, 0.29) is 19.0 Å². The summed E-state index contributed by atoms with van der Waals surface area (Å²) in [7, 11) is 0. The highest BCUT2D eigenvalue weighted by Crippen LogP contribution is 2.14. The maximum atomic E-state index is 11.9. The van der Waals surface area contributed by atoms with Gasteiger partial charge >= 0.3 is 12.1 Å². The Morgan fingerprint density at radius 3 is 2.37 bits per heavy atom. The van der Waals surface area contributed by atoms with Crippen LogP contribution < -0.4 is 21.5 Å². The predicted molar refractivity (Wildman–Crippen MR) is 112 cm³/mol. The van der Waals surface area contributed by atoms with Gasteiger partial charge in [-0.05, 0) is 23.3 Å². The van der Waals surface area contributed by atoms with Gasteiger partial charge < -0.3 is 31.4 Å². The molecule has 160 valence electrons. The lowest BCUT2D eigenvalue weighted by Crippen LogP contribution is -2.42. The van der Waals surface area contributed by atoms with Crippen LogP contribution in [-0.2, 0) is 22.6 Å². The van der Waals surface area contributed by atoms with Crippen molar-refractivity contribution in [3.63, 3.8) is 0 Å². The molecule has 0 spiro atoms. The lowest BCUT2D eigenvalue weighted by molar-refractivity contribution is -0.139. The maximum absolute atomic E-state index is 11.9. The average molecular weight is 414 g/mol. The molecule has 0 unspecified atom stereocenters. The van der Waals surface area contributed by atoms with E-state index in [0.29, 0.717) is 25.3 Å². The van der Waals surface area contributed by atoms with Crippen LogP contribution in [0, 0.1) is 0 Å². The molecule has 0 bridgehead atoms. The first-order chi connectivity index (χ1) is 14.4. The zero-order chi connectivity index (χ0) is 21.8. The van der Waals surface area contributed by atoms with Crippen molar-refractivity contribution in [2.75, 3.05) is 13.2 Å². The van der Waals surface area contributed by atoms with E-state index in [9.17, 15) is 14.7 Å². The Hall–Kier alpha value is -3.75. The molecule has 0 aromatic heterocycles. The molecule has 30 heavy (non-hydrogen) atoms. The molecule has 2 rings (SSSR count). The molecule has 2 aromatic rings. The Bertz CT molecular complexity index is 836. The number of benzene rings is 2. The van der Waals surface area contributed by atoms with Gasteiger partial charge in [-0.3, -0.25) is 4.99 Å². The third kappa shape index (κ3) is 8.51. The monoisotopic (exact) mass is 414 g/mol. The molecule has 2 aromatic carbocycles. The largest absolute Gasteiger partial charge is 0.494 e. The number of alkyl carbamates (subject to hydrolysis) is 1. The fraction of sp³-hybridized carbons (Fsp3) is 0.286. The number of nitrogens with two attached hydrogens (primary N) is 2. The van der Waals surface area contributed by atoms with Gasteiger partial charge in [0.25, 0.3) is 0 Å². The van der Waals surface area contributed by atoms with Crippen molar-refractivity contribution in [1.29, 1.82) is 0 Å². The van der Waals surface area contributed by atoms with Gasteiger partial charge in [-0.15, -0.1) is 0 Å². The number of ether oxygens (including phenoxy) is 2. The fourth-order valence-electron chi connectivity index (χ4n) is 2.53. The summed E-state index contributed by atoms with van der Waals surface area (Å²) in [5.74, 6) is -0.456. The third-order valence-electron chi connectivity index (χ3n) is 4.03. The molecule has 1 atom stereocenters. The van der Waals surface area contributed by atoms with Crippen molar-refractivity contribution in [2.45, 2.75) is 25.5 Å². The highest BCUT2D eigenvalue weighted by molar-refractivity contribution is 5.80. The lowest BCUT2D eigenvalue weighted by Gasteiger charge is -2.15. The standard InChI is InChI=1S/C21H26N4O5/c22-20(23)24-11-4-12-29-17-9-7-15(8-10-17)13-18(19(26)27)25-21(28)30-14-16-5-2-1-3-6-16/h1-3,5-10,18H,4,11-14H2,(H,25,28)(H,26,27)(H4,22,23,24)/t18-/m0/s1. The number of carboxylic acids is 1. The predicted octanol–water partition coefficient (Wildman–Crippen LogP) is 1.65. The van der Waals surface area contributed by atoms with Crippen LogP contribution in [-0.4, -0.2) is 42.3 Å². The lowest BCUT2D eigenvalue weighted by atomic mass is 10.1. The first kappa shape index (κ1) is 22.5. The number of hydrogen-bond donors (Lipinski definition) is 4. The molecule has 0 heterocycles. The van der Waals surface area contributed by atoms with Crippen LogP contribution >= 0.6 is 0 Å². The van der Waals surface area contributed by atoms with Crippen LogP contribution in [0.2, 0.25) is 0 Å². The van der Waals surface area contributed by atoms with Crippen LogP contribution in [0.15, 0.2) is 59.6 Å². The van der Waals surface area contributed by atoms with Gasteiger partial charge in [0.1, 0.15) is 18.4 Å². The summed E-state index contributed by atoms with van der Waals surface area (Å²) in [4.78, 5) is 27.3. The number of amides is 1. The van der Waals surface area contributed by atoms with Crippen LogP contribution in [0.4, 0.5) is 4.79 Å². The van der Waals surface area contributed by atoms with Crippen molar-refractivity contribution in [2.24, 2.45) is 16.5 Å². The van der Waals surface area contributed by atoms with Gasteiger partial charge in [-0.1, -0.05) is 42.5 Å². The number of carbonyl (C=O) groups excluding carboxylic acids is 1. The normalized spacial score (nSPS) is 11.2. The van der Waals surface area contributed by atoms with Crippen molar-refractivity contribution in [3.8, 4) is 5.75 Å². The van der Waals surface area contributed by atoms with E-state index in [1.54, 1.807) is 24.3 Å². The summed E-state index contributed by atoms with van der Waals surface area (Å²) < 4.78 is 10.7. The highest BCUT2D eigenvalue weighted by atomic mass is 16.5. The molecule has 0 aliphatic heterocycles. The number of aliphatic imine (C=N–C) groups is 1. The van der Waals surface area contributed by atoms with Gasteiger partial charge in [0, 0.05) is 19.4 Å². The second kappa shape index (κ2) is 11.9. The minimum atomic E-state index is -1.15. The number of nitrogens with zero attached hydrogens (tertiary/aromatic N) is 1. The third-order valence-corrected chi connectivity index (χ3v) is 4.03. The summed E-state index contributed by atoms with van der Waals surface area (Å²) in [6.07, 6.45) is -0.0111. The Morgan fingerprint density at radius 2 is 1.73 bits per heavy atom. The summed E-state index contributed by atoms with van der Waals surface area (Å²) in [6, 6.07) is 15.0. The highest BCUT2D eigenvalue weighted by Gasteiger charge is 2.21. The first-order valence-corrected chi connectivity index (χ1v) is 9.41. The Labute approximate surface area is 174 Å². The molecular weight excluding hydrogens is 388 g/mol. The summed E-state index contributed by atoms with van der Waals surface area (Å²) in [5.41, 5.74) is 12.0. The molecular formula is C21H26N4O5. The zero-order valence-electron chi connectivity index (χ0n) is 16.5. The molecule has 9 heteroatoms. The van der Waals surface area contributed by atoms with E-state index in [4.69, 9.17) is 20.9 Å². The number of hydrogen-bond acceptors (Lipinski definition) is 5. The van der Waals surface area contributed by atoms with Crippen molar-refractivity contribution < 1.29 is 24.2 Å². The maximum Gasteiger partial charge on any atom is 0.408 e. The van der Waals surface area contributed by atoms with Crippen molar-refractivity contribution >= 4 is 18.0 Å². The topological polar surface area (TPSA) is 149 Å². The quantitative estimate of drug-likeness (QED) is 0.248. The molecule has 0 radical (unpaired) electrons. The van der Waals surface area contributed by atoms with Gasteiger partial charge in [0.2, 0.25) is 0 Å².